The van der Waals surface area contributed by atoms with Crippen LogP contribution in [0.1, 0.15) is 43.4 Å². The van der Waals surface area contributed by atoms with Crippen molar-refractivity contribution in [3.8, 4) is 11.3 Å². The van der Waals surface area contributed by atoms with Gasteiger partial charge in [0.15, 0.2) is 5.79 Å². The van der Waals surface area contributed by atoms with Gasteiger partial charge in [-0.15, -0.1) is 0 Å². The van der Waals surface area contributed by atoms with Crippen LogP contribution in [0, 0.1) is 0 Å². The lowest BCUT2D eigenvalue weighted by molar-refractivity contribution is -0.157. The van der Waals surface area contributed by atoms with Crippen molar-refractivity contribution in [1.82, 2.24) is 24.3 Å². The Labute approximate surface area is 217 Å². The summed E-state index contributed by atoms with van der Waals surface area (Å²) in [5.41, 5.74) is 10.2. The summed E-state index contributed by atoms with van der Waals surface area (Å²) in [7, 11) is 1.81. The maximum atomic E-state index is 9.69. The zero-order valence-electron chi connectivity index (χ0n) is 20.0. The van der Waals surface area contributed by atoms with E-state index in [1.165, 1.54) is 0 Å². The van der Waals surface area contributed by atoms with Crippen molar-refractivity contribution in [3.05, 3.63) is 58.1 Å². The van der Waals surface area contributed by atoms with Gasteiger partial charge in [0.2, 0.25) is 5.28 Å². The molecule has 1 aromatic carbocycles. The van der Waals surface area contributed by atoms with Crippen molar-refractivity contribution in [3.63, 3.8) is 0 Å². The molecule has 1 saturated carbocycles. The topological polar surface area (TPSA) is 113 Å². The molecule has 3 aromatic heterocycles. The Kier molecular flexibility index (Phi) is 5.55. The van der Waals surface area contributed by atoms with E-state index in [1.807, 2.05) is 45.3 Å². The third kappa shape index (κ3) is 3.77. The minimum Gasteiger partial charge on any atom is -0.392 e. The molecule has 1 unspecified atom stereocenters. The first-order valence-corrected chi connectivity index (χ1v) is 12.5. The first kappa shape index (κ1) is 23.7. The molecule has 4 heterocycles. The first-order chi connectivity index (χ1) is 17.1. The summed E-state index contributed by atoms with van der Waals surface area (Å²) in [5.74, 6) is -0.448. The lowest BCUT2D eigenvalue weighted by Crippen LogP contribution is -2.27. The number of fused-ring (bicyclic) bond motifs is 2. The Bertz CT molecular complexity index is 1480. The molecular formula is C25H26Cl2N6O3. The number of aliphatic hydroxyl groups excluding tert-OH is 1. The third-order valence-electron chi connectivity index (χ3n) is 7.07. The van der Waals surface area contributed by atoms with Gasteiger partial charge in [-0.05, 0) is 43.0 Å². The quantitative estimate of drug-likeness (QED) is 0.375. The highest BCUT2D eigenvalue weighted by molar-refractivity contribution is 6.33. The van der Waals surface area contributed by atoms with Crippen molar-refractivity contribution in [2.75, 3.05) is 5.73 Å². The number of anilines is 1. The van der Waals surface area contributed by atoms with Crippen LogP contribution in [0.3, 0.4) is 0 Å². The predicted molar refractivity (Wildman–Crippen MR) is 137 cm³/mol. The number of aromatic nitrogens is 5. The van der Waals surface area contributed by atoms with Gasteiger partial charge in [0.25, 0.3) is 0 Å². The fourth-order valence-electron chi connectivity index (χ4n) is 5.70. The van der Waals surface area contributed by atoms with Gasteiger partial charge in [-0.25, -0.2) is 4.98 Å². The number of aliphatic hydroxyl groups is 1. The molecule has 6 rings (SSSR count). The first-order valence-electron chi connectivity index (χ1n) is 11.7. The second kappa shape index (κ2) is 8.43. The summed E-state index contributed by atoms with van der Waals surface area (Å²) in [6, 6.07) is 7.84. The van der Waals surface area contributed by atoms with Gasteiger partial charge >= 0.3 is 0 Å². The van der Waals surface area contributed by atoms with E-state index in [-0.39, 0.29) is 41.9 Å². The van der Waals surface area contributed by atoms with E-state index in [0.29, 0.717) is 21.7 Å². The number of rotatable bonds is 4. The molecule has 36 heavy (non-hydrogen) atoms. The fourth-order valence-corrected chi connectivity index (χ4v) is 6.15. The van der Waals surface area contributed by atoms with Gasteiger partial charge in [-0.2, -0.15) is 10.1 Å². The lowest BCUT2D eigenvalue weighted by Gasteiger charge is -2.25. The summed E-state index contributed by atoms with van der Waals surface area (Å²) in [5, 5.41) is 15.4. The van der Waals surface area contributed by atoms with Crippen molar-refractivity contribution >= 4 is 40.1 Å². The number of hydrogen-bond acceptors (Lipinski definition) is 7. The molecule has 188 valence electrons. The second-order valence-corrected chi connectivity index (χ2v) is 10.6. The number of nitrogen functional groups attached to an aromatic ring is 1. The smallest absolute Gasteiger partial charge is 0.226 e. The number of halogens is 2. The van der Waals surface area contributed by atoms with Crippen molar-refractivity contribution in [2.24, 2.45) is 7.05 Å². The zero-order chi connectivity index (χ0) is 25.4. The molecule has 0 radical (unpaired) electrons. The Morgan fingerprint density at radius 2 is 1.94 bits per heavy atom. The van der Waals surface area contributed by atoms with Crippen LogP contribution >= 0.6 is 23.2 Å². The Morgan fingerprint density at radius 1 is 1.17 bits per heavy atom. The minimum atomic E-state index is -0.747. The predicted octanol–water partition coefficient (Wildman–Crippen LogP) is 4.46. The van der Waals surface area contributed by atoms with E-state index in [0.717, 1.165) is 23.1 Å². The highest BCUT2D eigenvalue weighted by Gasteiger charge is 2.55. The molecule has 0 spiro atoms. The highest BCUT2D eigenvalue weighted by atomic mass is 35.5. The molecule has 1 aliphatic carbocycles. The van der Waals surface area contributed by atoms with Crippen LogP contribution < -0.4 is 5.73 Å². The van der Waals surface area contributed by atoms with E-state index in [9.17, 15) is 5.11 Å². The molecule has 1 saturated heterocycles. The van der Waals surface area contributed by atoms with Gasteiger partial charge in [-0.1, -0.05) is 35.9 Å². The number of hydrogen-bond donors (Lipinski definition) is 2. The van der Waals surface area contributed by atoms with Crippen LogP contribution in [0.4, 0.5) is 5.82 Å². The molecule has 2 aliphatic rings. The minimum absolute atomic E-state index is 0.0218. The van der Waals surface area contributed by atoms with E-state index < -0.39 is 5.79 Å². The molecule has 0 bridgehead atoms. The molecule has 1 aliphatic heterocycles. The highest BCUT2D eigenvalue weighted by Crippen LogP contribution is 2.52. The SMILES string of the molecule is Cn1cc(Cl)c(-c2cn(C3C[C@H](c4cccc(CO)c4)[C@H]4OC(C)(C)O[C@@H]34)c3nc(Cl)nc(N)c23)n1. The molecule has 4 atom stereocenters. The number of aryl methyl sites for hydroxylation is 1. The van der Waals surface area contributed by atoms with Crippen LogP contribution in [0.2, 0.25) is 10.3 Å². The molecule has 4 aromatic rings. The Balaban J connectivity index is 1.52. The van der Waals surface area contributed by atoms with Gasteiger partial charge in [-0.3, -0.25) is 4.68 Å². The monoisotopic (exact) mass is 528 g/mol. The standard InChI is InChI=1S/C25H26Cl2N6O3/c1-25(2)35-20-14(13-6-4-5-12(7-13)11-34)8-17(21(20)36-25)33-9-15(19-16(26)10-32(3)31-19)18-22(28)29-24(27)30-23(18)33/h4-7,9-10,14,17,20-21,34H,8,11H2,1-3H3,(H2,28,29,30)/t14-,17?,20-,21+/m1/s1. The average molecular weight is 529 g/mol. The van der Waals surface area contributed by atoms with Crippen molar-refractivity contribution in [2.45, 2.75) is 56.8 Å². The van der Waals surface area contributed by atoms with Crippen molar-refractivity contribution in [1.29, 1.82) is 0 Å². The summed E-state index contributed by atoms with van der Waals surface area (Å²) < 4.78 is 16.6. The van der Waals surface area contributed by atoms with E-state index in [2.05, 4.69) is 25.7 Å². The third-order valence-corrected chi connectivity index (χ3v) is 7.51. The molecule has 9 nitrogen and oxygen atoms in total. The van der Waals surface area contributed by atoms with E-state index >= 15 is 0 Å². The van der Waals surface area contributed by atoms with Crippen LogP contribution in [0.25, 0.3) is 22.3 Å². The Morgan fingerprint density at radius 3 is 2.67 bits per heavy atom. The summed E-state index contributed by atoms with van der Waals surface area (Å²) in [6.45, 7) is 3.83. The largest absolute Gasteiger partial charge is 0.392 e. The number of nitrogens with two attached hydrogens (primary N) is 1. The van der Waals surface area contributed by atoms with Crippen LogP contribution in [-0.2, 0) is 23.1 Å². The summed E-state index contributed by atoms with van der Waals surface area (Å²) >= 11 is 12.8. The van der Waals surface area contributed by atoms with Crippen LogP contribution in [0.15, 0.2) is 36.7 Å². The maximum absolute atomic E-state index is 9.69. The molecule has 3 N–H and O–H groups in total. The number of benzene rings is 1. The van der Waals surface area contributed by atoms with E-state index in [4.69, 9.17) is 38.4 Å². The fraction of sp³-hybridized carbons (Fsp3) is 0.400. The van der Waals surface area contributed by atoms with Gasteiger partial charge in [0, 0.05) is 30.9 Å². The van der Waals surface area contributed by atoms with E-state index in [1.54, 1.807) is 10.9 Å². The summed E-state index contributed by atoms with van der Waals surface area (Å²) in [6.07, 6.45) is 3.98. The molecule has 0 amide bonds. The molecule has 11 heteroatoms. The number of ether oxygens (including phenoxy) is 2. The molecular weight excluding hydrogens is 503 g/mol. The molecule has 2 fully saturated rings. The second-order valence-electron chi connectivity index (χ2n) is 9.90. The lowest BCUT2D eigenvalue weighted by atomic mass is 9.94. The van der Waals surface area contributed by atoms with Gasteiger partial charge < -0.3 is 24.9 Å². The van der Waals surface area contributed by atoms with Crippen LogP contribution in [-0.4, -0.2) is 47.4 Å². The summed E-state index contributed by atoms with van der Waals surface area (Å²) in [4.78, 5) is 8.77. The van der Waals surface area contributed by atoms with Crippen molar-refractivity contribution < 1.29 is 14.6 Å². The number of nitrogens with zero attached hydrogens (tertiary/aromatic N) is 5. The Hall–Kier alpha value is -2.69. The van der Waals surface area contributed by atoms with Crippen LogP contribution in [0.5, 0.6) is 0 Å². The maximum Gasteiger partial charge on any atom is 0.226 e. The average Bonchev–Trinajstić information content (AvgIpc) is 3.53. The zero-order valence-corrected chi connectivity index (χ0v) is 21.5. The van der Waals surface area contributed by atoms with Gasteiger partial charge in [0.1, 0.15) is 23.3 Å². The normalized spacial score (nSPS) is 25.1. The van der Waals surface area contributed by atoms with Gasteiger partial charge in [0.05, 0.1) is 29.2 Å².